The first-order valence-corrected chi connectivity index (χ1v) is 9.80. The van der Waals surface area contributed by atoms with E-state index in [0.717, 1.165) is 33.6 Å². The second kappa shape index (κ2) is 6.52. The predicted octanol–water partition coefficient (Wildman–Crippen LogP) is 5.16. The molecule has 0 saturated heterocycles. The van der Waals surface area contributed by atoms with Crippen molar-refractivity contribution in [3.8, 4) is 5.75 Å². The minimum Gasteiger partial charge on any atom is -0.487 e. The number of nitrogens with zero attached hydrogens (tertiary/aromatic N) is 2. The van der Waals surface area contributed by atoms with Gasteiger partial charge in [0, 0.05) is 35.8 Å². The number of hydrogen-bond acceptors (Lipinski definition) is 3. The molecular formula is C25H22N2O2. The predicted molar refractivity (Wildman–Crippen MR) is 118 cm³/mol. The van der Waals surface area contributed by atoms with E-state index in [2.05, 4.69) is 34.8 Å². The number of Topliss-reactive ketones (excluding diaryl/α,β-unsaturated/α-hetero) is 1. The summed E-state index contributed by atoms with van der Waals surface area (Å²) in [5.41, 5.74) is 2.74. The highest BCUT2D eigenvalue weighted by Crippen LogP contribution is 2.53. The van der Waals surface area contributed by atoms with Gasteiger partial charge in [-0.1, -0.05) is 49.1 Å². The van der Waals surface area contributed by atoms with Crippen LogP contribution in [0.25, 0.3) is 17.1 Å². The van der Waals surface area contributed by atoms with Crippen molar-refractivity contribution >= 4 is 28.6 Å². The summed E-state index contributed by atoms with van der Waals surface area (Å²) < 4.78 is 8.30. The first kappa shape index (κ1) is 17.6. The van der Waals surface area contributed by atoms with Gasteiger partial charge in [0.15, 0.2) is 17.1 Å². The molecule has 0 aliphatic carbocycles. The van der Waals surface area contributed by atoms with Gasteiger partial charge in [0.2, 0.25) is 0 Å². The summed E-state index contributed by atoms with van der Waals surface area (Å²) in [7, 11) is 0. The van der Waals surface area contributed by atoms with E-state index in [1.54, 1.807) is 6.08 Å². The molecule has 0 N–H and O–H groups in total. The Balaban J connectivity index is 1.86. The molecule has 0 amide bonds. The van der Waals surface area contributed by atoms with Gasteiger partial charge in [0.1, 0.15) is 6.61 Å². The summed E-state index contributed by atoms with van der Waals surface area (Å²) in [4.78, 5) is 16.1. The summed E-state index contributed by atoms with van der Waals surface area (Å²) >= 11 is 0. The van der Waals surface area contributed by atoms with Crippen LogP contribution in [0.15, 0.2) is 79.9 Å². The van der Waals surface area contributed by atoms with Crippen LogP contribution >= 0.6 is 0 Å². The lowest BCUT2D eigenvalue weighted by atomic mass is 9.83. The van der Waals surface area contributed by atoms with Crippen LogP contribution in [-0.2, 0) is 5.54 Å². The zero-order chi connectivity index (χ0) is 20.0. The number of aromatic nitrogens is 1. The van der Waals surface area contributed by atoms with E-state index in [-0.39, 0.29) is 5.78 Å². The number of benzene rings is 2. The number of carbonyl (C=O) groups excluding carboxylic acids is 1. The van der Waals surface area contributed by atoms with Gasteiger partial charge in [-0.3, -0.25) is 4.79 Å². The van der Waals surface area contributed by atoms with E-state index in [1.807, 2.05) is 54.7 Å². The topological polar surface area (TPSA) is 34.5 Å². The molecule has 0 saturated carbocycles. The Kier molecular flexibility index (Phi) is 3.95. The van der Waals surface area contributed by atoms with Crippen LogP contribution in [0.1, 0.15) is 22.5 Å². The molecule has 3 heterocycles. The average molecular weight is 382 g/mol. The third kappa shape index (κ3) is 2.23. The lowest BCUT2D eigenvalue weighted by Crippen LogP contribution is -2.49. The summed E-state index contributed by atoms with van der Waals surface area (Å²) in [6.07, 6.45) is 8.29. The van der Waals surface area contributed by atoms with Gasteiger partial charge in [-0.15, -0.1) is 6.58 Å². The van der Waals surface area contributed by atoms with Crippen LogP contribution in [0.2, 0.25) is 0 Å². The number of ketones is 1. The Bertz CT molecular complexity index is 1190. The Morgan fingerprint density at radius 3 is 2.69 bits per heavy atom. The van der Waals surface area contributed by atoms with Crippen LogP contribution in [0.3, 0.4) is 0 Å². The fourth-order valence-electron chi connectivity index (χ4n) is 4.76. The van der Waals surface area contributed by atoms with Crippen molar-refractivity contribution in [1.82, 2.24) is 4.57 Å². The normalized spacial score (nSPS) is 19.4. The maximum absolute atomic E-state index is 13.9. The zero-order valence-corrected chi connectivity index (χ0v) is 16.2. The Labute approximate surface area is 170 Å². The molecule has 29 heavy (non-hydrogen) atoms. The molecule has 0 radical (unpaired) electrons. The van der Waals surface area contributed by atoms with Crippen molar-refractivity contribution in [1.29, 1.82) is 0 Å². The molecule has 1 spiro atoms. The molecule has 1 atom stereocenters. The molecule has 2 aromatic carbocycles. The minimum atomic E-state index is -0.859. The minimum absolute atomic E-state index is 0.104. The first-order chi connectivity index (χ1) is 14.2. The van der Waals surface area contributed by atoms with E-state index >= 15 is 0 Å². The van der Waals surface area contributed by atoms with Gasteiger partial charge >= 0.3 is 0 Å². The average Bonchev–Trinajstić information content (AvgIpc) is 3.20. The second-order valence-electron chi connectivity index (χ2n) is 7.36. The van der Waals surface area contributed by atoms with Gasteiger partial charge in [-0.05, 0) is 24.3 Å². The third-order valence-corrected chi connectivity index (χ3v) is 5.86. The molecule has 4 nitrogen and oxygen atoms in total. The molecule has 0 bridgehead atoms. The zero-order valence-electron chi connectivity index (χ0n) is 16.2. The second-order valence-corrected chi connectivity index (χ2v) is 7.36. The van der Waals surface area contributed by atoms with Crippen LogP contribution in [-0.4, -0.2) is 23.5 Å². The van der Waals surface area contributed by atoms with E-state index in [9.17, 15) is 4.79 Å². The van der Waals surface area contributed by atoms with Gasteiger partial charge in [0.05, 0.1) is 11.2 Å². The maximum Gasteiger partial charge on any atom is 0.197 e. The molecule has 1 unspecified atom stereocenters. The number of hydrogen-bond donors (Lipinski definition) is 0. The molecule has 2 aliphatic heterocycles. The quantitative estimate of drug-likeness (QED) is 0.571. The highest BCUT2D eigenvalue weighted by atomic mass is 16.5. The summed E-state index contributed by atoms with van der Waals surface area (Å²) in [5, 5.41) is 0.998. The van der Waals surface area contributed by atoms with E-state index in [0.29, 0.717) is 19.6 Å². The largest absolute Gasteiger partial charge is 0.487 e. The molecule has 0 fully saturated rings. The highest BCUT2D eigenvalue weighted by molar-refractivity contribution is 6.16. The van der Waals surface area contributed by atoms with Crippen molar-refractivity contribution in [2.24, 2.45) is 0 Å². The first-order valence-electron chi connectivity index (χ1n) is 9.80. The smallest absolute Gasteiger partial charge is 0.197 e. The number of rotatable bonds is 5. The summed E-state index contributed by atoms with van der Waals surface area (Å²) in [6.45, 7) is 8.69. The van der Waals surface area contributed by atoms with Crippen molar-refractivity contribution in [2.45, 2.75) is 12.0 Å². The van der Waals surface area contributed by atoms with E-state index < -0.39 is 5.54 Å². The molecule has 1 aromatic heterocycles. The summed E-state index contributed by atoms with van der Waals surface area (Å²) in [5.74, 6) is 0.854. The Hall–Kier alpha value is -3.53. The molecule has 144 valence electrons. The van der Waals surface area contributed by atoms with Crippen molar-refractivity contribution in [3.05, 3.63) is 91.2 Å². The molecule has 5 rings (SSSR count). The van der Waals surface area contributed by atoms with Crippen LogP contribution in [0, 0.1) is 0 Å². The van der Waals surface area contributed by atoms with Gasteiger partial charge in [0.25, 0.3) is 0 Å². The number of para-hydroxylation sites is 2. The monoisotopic (exact) mass is 382 g/mol. The Morgan fingerprint density at radius 1 is 1.07 bits per heavy atom. The fraction of sp³-hybridized carbons (Fsp3) is 0.160. The van der Waals surface area contributed by atoms with Crippen LogP contribution in [0.5, 0.6) is 5.75 Å². The van der Waals surface area contributed by atoms with Crippen molar-refractivity contribution < 1.29 is 9.53 Å². The number of fused-ring (bicyclic) bond motifs is 5. The molecule has 2 aliphatic rings. The van der Waals surface area contributed by atoms with E-state index in [4.69, 9.17) is 4.74 Å². The Morgan fingerprint density at radius 2 is 1.86 bits per heavy atom. The lowest BCUT2D eigenvalue weighted by molar-refractivity contribution is 0.0891. The SMILES string of the molecule is C=CCOc1c2n(c3ccccc13)C=CCC21C(=O)c2ccccc2N1CC=C. The summed E-state index contributed by atoms with van der Waals surface area (Å²) in [6, 6.07) is 15.9. The van der Waals surface area contributed by atoms with E-state index in [1.165, 1.54) is 0 Å². The van der Waals surface area contributed by atoms with Gasteiger partial charge < -0.3 is 14.2 Å². The van der Waals surface area contributed by atoms with Gasteiger partial charge in [-0.25, -0.2) is 0 Å². The number of anilines is 1. The maximum atomic E-state index is 13.9. The van der Waals surface area contributed by atoms with Crippen LogP contribution in [0.4, 0.5) is 5.69 Å². The molecule has 4 heteroatoms. The highest BCUT2D eigenvalue weighted by Gasteiger charge is 2.55. The lowest BCUT2D eigenvalue weighted by Gasteiger charge is -2.40. The molecular weight excluding hydrogens is 360 g/mol. The standard InChI is InChI=1S/C25H22N2O2/c1-3-15-27-21-13-8-6-11-19(21)24(28)25(27)14-9-16-26-20-12-7-5-10-18(20)22(23(25)26)29-17-4-2/h3-13,16H,1-2,14-15,17H2. The van der Waals surface area contributed by atoms with Crippen LogP contribution < -0.4 is 9.64 Å². The van der Waals surface area contributed by atoms with Gasteiger partial charge in [-0.2, -0.15) is 0 Å². The number of carbonyl (C=O) groups is 1. The third-order valence-electron chi connectivity index (χ3n) is 5.86. The fourth-order valence-corrected chi connectivity index (χ4v) is 4.76. The van der Waals surface area contributed by atoms with Crippen molar-refractivity contribution in [3.63, 3.8) is 0 Å². The molecule has 3 aromatic rings. The number of ether oxygens (including phenoxy) is 1. The van der Waals surface area contributed by atoms with Crippen molar-refractivity contribution in [2.75, 3.05) is 18.1 Å².